The van der Waals surface area contributed by atoms with Crippen molar-refractivity contribution in [1.29, 1.82) is 0 Å². The fraction of sp³-hybridized carbons (Fsp3) is 0.568. The molecule has 3 aliphatic heterocycles. The third kappa shape index (κ3) is 6.10. The van der Waals surface area contributed by atoms with Gasteiger partial charge in [0.25, 0.3) is 0 Å². The number of anilines is 2. The number of nitrogen functional groups attached to an aromatic ring is 1. The van der Waals surface area contributed by atoms with Gasteiger partial charge in [0, 0.05) is 47.3 Å². The van der Waals surface area contributed by atoms with Gasteiger partial charge < -0.3 is 20.1 Å². The molecule has 5 heterocycles. The number of alkyl halides is 2. The number of ether oxygens (including phenoxy) is 2. The van der Waals surface area contributed by atoms with Crippen LogP contribution in [0.25, 0.3) is 32.9 Å². The summed E-state index contributed by atoms with van der Waals surface area (Å²) in [6, 6.07) is 5.82. The highest BCUT2D eigenvalue weighted by molar-refractivity contribution is 6.90. The normalized spacial score (nSPS) is 28.3. The molecule has 13 heteroatoms. The summed E-state index contributed by atoms with van der Waals surface area (Å²) in [6.07, 6.45) is 2.68. The number of pyridine rings is 1. The molecular weight excluding hydrogens is 749 g/mol. The molecule has 2 saturated carbocycles. The molecule has 2 aromatic carbocycles. The van der Waals surface area contributed by atoms with Crippen LogP contribution in [0.5, 0.6) is 6.01 Å². The van der Waals surface area contributed by atoms with Gasteiger partial charge in [-0.05, 0) is 72.4 Å². The van der Waals surface area contributed by atoms with E-state index in [1.165, 1.54) is 12.3 Å². The van der Waals surface area contributed by atoms with Crippen molar-refractivity contribution in [2.24, 2.45) is 11.3 Å². The summed E-state index contributed by atoms with van der Waals surface area (Å²) < 4.78 is 75.6. The molecular formula is C44H52F4N6O2Si. The van der Waals surface area contributed by atoms with Gasteiger partial charge >= 0.3 is 6.01 Å². The molecule has 9 rings (SSSR count). The molecule has 2 aliphatic carbocycles. The molecule has 57 heavy (non-hydrogen) atoms. The number of fused-ring (bicyclic) bond motifs is 4. The average Bonchev–Trinajstić information content (AvgIpc) is 3.91. The number of rotatable bonds is 8. The molecule has 6 atom stereocenters. The van der Waals surface area contributed by atoms with E-state index in [9.17, 15) is 4.39 Å². The third-order valence-electron chi connectivity index (χ3n) is 14.2. The van der Waals surface area contributed by atoms with Crippen molar-refractivity contribution in [2.45, 2.75) is 108 Å². The monoisotopic (exact) mass is 800 g/mol. The van der Waals surface area contributed by atoms with Gasteiger partial charge in [-0.3, -0.25) is 9.88 Å². The van der Waals surface area contributed by atoms with E-state index < -0.39 is 38.1 Å². The Morgan fingerprint density at radius 3 is 2.53 bits per heavy atom. The molecule has 0 amide bonds. The number of benzene rings is 2. The minimum atomic E-state index is -2.28. The zero-order valence-corrected chi connectivity index (χ0v) is 34.6. The van der Waals surface area contributed by atoms with Crippen LogP contribution in [-0.4, -0.2) is 91.3 Å². The fourth-order valence-electron chi connectivity index (χ4n) is 11.1. The molecule has 2 aromatic heterocycles. The van der Waals surface area contributed by atoms with Crippen molar-refractivity contribution in [2.75, 3.05) is 50.1 Å². The first-order chi connectivity index (χ1) is 27.2. The van der Waals surface area contributed by atoms with Crippen molar-refractivity contribution >= 4 is 41.3 Å². The Morgan fingerprint density at radius 2 is 1.81 bits per heavy atom. The van der Waals surface area contributed by atoms with E-state index in [-0.39, 0.29) is 51.8 Å². The summed E-state index contributed by atoms with van der Waals surface area (Å²) in [6.45, 7) is 16.0. The maximum absolute atomic E-state index is 17.5. The van der Waals surface area contributed by atoms with Crippen molar-refractivity contribution in [1.82, 2.24) is 19.9 Å². The number of nitrogens with two attached hydrogens (primary N) is 1. The Labute approximate surface area is 332 Å². The predicted molar refractivity (Wildman–Crippen MR) is 218 cm³/mol. The van der Waals surface area contributed by atoms with Crippen molar-refractivity contribution in [3.05, 3.63) is 47.7 Å². The van der Waals surface area contributed by atoms with Crippen LogP contribution in [0.3, 0.4) is 0 Å². The van der Waals surface area contributed by atoms with Crippen LogP contribution in [0.1, 0.15) is 72.8 Å². The van der Waals surface area contributed by atoms with Gasteiger partial charge in [0.2, 0.25) is 0 Å². The van der Waals surface area contributed by atoms with Crippen molar-refractivity contribution < 1.29 is 27.0 Å². The maximum Gasteiger partial charge on any atom is 0.319 e. The lowest BCUT2D eigenvalue weighted by Crippen LogP contribution is -2.43. The standard InChI is InChI=1S/C44H52F4N6O2Si/c1-24(2)57(25(3)4,26(5)6)15-10-29-33(45)9-8-27-16-28(49)17-30(35(27)29)38-37(48)39-31(19-50-38)41(54-13-14-55-20-32-36(47)40(32)54)52-42(51-39)56-23-44-11-7-12-53(44)22-43(21-44)18-34(43)46/h8-9,16-17,19,24-26,32,34,36,40H,7,11-14,18,20-23,49H2,1-6H3/t32-,34+,36-,40-,43+,44-/m0/s1. The first kappa shape index (κ1) is 38.5. The zero-order valence-electron chi connectivity index (χ0n) is 33.6. The molecule has 0 radical (unpaired) electrons. The molecule has 5 aliphatic rings. The second-order valence-electron chi connectivity index (χ2n) is 18.4. The largest absolute Gasteiger partial charge is 0.461 e. The van der Waals surface area contributed by atoms with Gasteiger partial charge in [-0.2, -0.15) is 9.97 Å². The van der Waals surface area contributed by atoms with E-state index >= 15 is 13.2 Å². The first-order valence-electron chi connectivity index (χ1n) is 20.6. The zero-order chi connectivity index (χ0) is 40.2. The number of nitrogens with zero attached hydrogens (tertiary/aromatic N) is 5. The lowest BCUT2D eigenvalue weighted by atomic mass is 9.89. The van der Waals surface area contributed by atoms with Gasteiger partial charge in [0.05, 0.1) is 35.7 Å². The van der Waals surface area contributed by atoms with Crippen molar-refractivity contribution in [3.8, 4) is 28.7 Å². The number of hydrogen-bond acceptors (Lipinski definition) is 8. The molecule has 0 unspecified atom stereocenters. The Bertz CT molecular complexity index is 2310. The molecule has 5 fully saturated rings. The molecule has 3 saturated heterocycles. The topological polar surface area (TPSA) is 89.6 Å². The van der Waals surface area contributed by atoms with Gasteiger partial charge in [-0.1, -0.05) is 53.5 Å². The summed E-state index contributed by atoms with van der Waals surface area (Å²) in [4.78, 5) is 18.4. The summed E-state index contributed by atoms with van der Waals surface area (Å²) >= 11 is 0. The third-order valence-corrected chi connectivity index (χ3v) is 20.5. The summed E-state index contributed by atoms with van der Waals surface area (Å²) in [5, 5.41) is 1.32. The fourth-order valence-corrected chi connectivity index (χ4v) is 16.4. The van der Waals surface area contributed by atoms with E-state index in [1.807, 2.05) is 4.90 Å². The van der Waals surface area contributed by atoms with Crippen LogP contribution in [0.15, 0.2) is 30.5 Å². The smallest absolute Gasteiger partial charge is 0.319 e. The van der Waals surface area contributed by atoms with Crippen LogP contribution in [0, 0.1) is 34.4 Å². The van der Waals surface area contributed by atoms with E-state index in [0.717, 1.165) is 19.4 Å². The minimum absolute atomic E-state index is 0.0477. The highest BCUT2D eigenvalue weighted by Crippen LogP contribution is 2.62. The molecule has 0 bridgehead atoms. The molecule has 2 N–H and O–H groups in total. The van der Waals surface area contributed by atoms with Crippen LogP contribution in [0.4, 0.5) is 29.1 Å². The van der Waals surface area contributed by atoms with E-state index in [4.69, 9.17) is 20.2 Å². The average molecular weight is 801 g/mol. The van der Waals surface area contributed by atoms with Gasteiger partial charge in [-0.15, -0.1) is 5.54 Å². The summed E-state index contributed by atoms with van der Waals surface area (Å²) in [7, 11) is -2.28. The minimum Gasteiger partial charge on any atom is -0.461 e. The van der Waals surface area contributed by atoms with E-state index in [2.05, 4.69) is 67.9 Å². The van der Waals surface area contributed by atoms with E-state index in [1.54, 1.807) is 18.2 Å². The van der Waals surface area contributed by atoms with Gasteiger partial charge in [0.1, 0.15) is 49.9 Å². The van der Waals surface area contributed by atoms with Crippen molar-refractivity contribution in [3.63, 3.8) is 0 Å². The molecule has 1 spiro atoms. The SMILES string of the molecule is CC(C)[Si](C#Cc1c(F)ccc2cc(N)cc(-c3ncc4c(N5CCOC[C@H]6[C@H](F)[C@H]65)nc(OC[C@@]56CCCN5C[C@@]5(C[C@H]5F)C6)nc4c3F)c12)(C(C)C)C(C)C. The maximum atomic E-state index is 17.5. The highest BCUT2D eigenvalue weighted by Gasteiger charge is 2.67. The second-order valence-corrected chi connectivity index (χ2v) is 23.9. The van der Waals surface area contributed by atoms with Crippen LogP contribution < -0.4 is 15.4 Å². The summed E-state index contributed by atoms with van der Waals surface area (Å²) in [5.41, 5.74) is 11.1. The first-order valence-corrected chi connectivity index (χ1v) is 22.8. The van der Waals surface area contributed by atoms with Gasteiger partial charge in [-0.25, -0.2) is 17.6 Å². The van der Waals surface area contributed by atoms with Crippen LogP contribution in [-0.2, 0) is 4.74 Å². The number of halogens is 4. The second kappa shape index (κ2) is 13.8. The van der Waals surface area contributed by atoms with Crippen LogP contribution >= 0.6 is 0 Å². The van der Waals surface area contributed by atoms with E-state index in [0.29, 0.717) is 83.4 Å². The number of hydrogen-bond donors (Lipinski definition) is 1. The Kier molecular flexibility index (Phi) is 9.33. The lowest BCUT2D eigenvalue weighted by Gasteiger charge is -2.38. The Balaban J connectivity index is 1.19. The quantitative estimate of drug-likeness (QED) is 0.0820. The lowest BCUT2D eigenvalue weighted by molar-refractivity contribution is 0.107. The Morgan fingerprint density at radius 1 is 1.05 bits per heavy atom. The summed E-state index contributed by atoms with van der Waals surface area (Å²) in [5.74, 6) is 2.01. The van der Waals surface area contributed by atoms with Gasteiger partial charge in [0.15, 0.2) is 5.82 Å². The molecule has 302 valence electrons. The molecule has 8 nitrogen and oxygen atoms in total. The predicted octanol–water partition coefficient (Wildman–Crippen LogP) is 8.79. The van der Waals surface area contributed by atoms with Crippen LogP contribution in [0.2, 0.25) is 16.6 Å². The number of aromatic nitrogens is 3. The Hall–Kier alpha value is -3.99. The highest BCUT2D eigenvalue weighted by atomic mass is 28.3. The molecule has 4 aromatic rings.